The first-order chi connectivity index (χ1) is 29.6. The maximum atomic E-state index is 12.8. The number of hydrogen-bond acceptors (Lipinski definition) is 5. The Morgan fingerprint density at radius 2 is 0.783 bits per heavy atom. The number of ether oxygens (including phenoxy) is 3. The average Bonchev–Trinajstić information content (AvgIpc) is 3.25. The summed E-state index contributed by atoms with van der Waals surface area (Å²) in [5.41, 5.74) is 0. The molecule has 0 radical (unpaired) electrons. The maximum absolute atomic E-state index is 12.8. The predicted molar refractivity (Wildman–Crippen MR) is 260 cm³/mol. The number of allylic oxidation sites excluding steroid dienone is 12. The van der Waals surface area contributed by atoms with Crippen LogP contribution < -0.4 is 0 Å². The molecular weight excluding hydrogens is 741 g/mol. The van der Waals surface area contributed by atoms with Crippen LogP contribution in [0.1, 0.15) is 239 Å². The number of carbonyl (C=O) groups is 2. The normalized spacial score (nSPS) is 12.8. The first-order valence-electron chi connectivity index (χ1n) is 25.5. The van der Waals surface area contributed by atoms with Crippen LogP contribution in [0.4, 0.5) is 0 Å². The van der Waals surface area contributed by atoms with E-state index in [1.165, 1.54) is 116 Å². The van der Waals surface area contributed by atoms with Crippen LogP contribution in [0.2, 0.25) is 0 Å². The van der Waals surface area contributed by atoms with Gasteiger partial charge in [-0.2, -0.15) is 0 Å². The highest BCUT2D eigenvalue weighted by molar-refractivity contribution is 5.70. The Balaban J connectivity index is 4.32. The molecule has 0 N–H and O–H groups in total. The van der Waals surface area contributed by atoms with Crippen LogP contribution in [0.15, 0.2) is 72.9 Å². The van der Waals surface area contributed by atoms with Crippen molar-refractivity contribution in [2.24, 2.45) is 0 Å². The van der Waals surface area contributed by atoms with Crippen LogP contribution in [-0.4, -0.2) is 37.9 Å². The van der Waals surface area contributed by atoms with E-state index in [0.717, 1.165) is 89.9 Å². The molecule has 0 aliphatic heterocycles. The second kappa shape index (κ2) is 50.7. The summed E-state index contributed by atoms with van der Waals surface area (Å²) in [4.78, 5) is 25.4. The van der Waals surface area contributed by atoms with Crippen molar-refractivity contribution in [3.8, 4) is 0 Å². The third-order valence-electron chi connectivity index (χ3n) is 10.7. The lowest BCUT2D eigenvalue weighted by Gasteiger charge is -2.18. The van der Waals surface area contributed by atoms with Gasteiger partial charge < -0.3 is 14.2 Å². The second-order valence-electron chi connectivity index (χ2n) is 16.7. The van der Waals surface area contributed by atoms with Gasteiger partial charge in [-0.25, -0.2) is 0 Å². The van der Waals surface area contributed by atoms with Crippen LogP contribution in [0.25, 0.3) is 0 Å². The van der Waals surface area contributed by atoms with Crippen LogP contribution in [-0.2, 0) is 23.8 Å². The Kier molecular flexibility index (Phi) is 48.4. The topological polar surface area (TPSA) is 61.8 Å². The van der Waals surface area contributed by atoms with Crippen molar-refractivity contribution in [1.29, 1.82) is 0 Å². The summed E-state index contributed by atoms with van der Waals surface area (Å²) in [5, 5.41) is 0. The first kappa shape index (κ1) is 57.3. The van der Waals surface area contributed by atoms with Crippen molar-refractivity contribution >= 4 is 11.9 Å². The molecule has 5 nitrogen and oxygen atoms in total. The fraction of sp³-hybridized carbons (Fsp3) is 0.745. The van der Waals surface area contributed by atoms with Crippen LogP contribution >= 0.6 is 0 Å². The second-order valence-corrected chi connectivity index (χ2v) is 16.7. The molecule has 1 unspecified atom stereocenters. The van der Waals surface area contributed by atoms with Gasteiger partial charge in [0.2, 0.25) is 0 Å². The van der Waals surface area contributed by atoms with E-state index in [1.54, 1.807) is 0 Å². The quantitative estimate of drug-likeness (QED) is 0.0347. The monoisotopic (exact) mass is 837 g/mol. The maximum Gasteiger partial charge on any atom is 0.306 e. The van der Waals surface area contributed by atoms with E-state index in [-0.39, 0.29) is 25.2 Å². The van der Waals surface area contributed by atoms with Crippen molar-refractivity contribution < 1.29 is 23.8 Å². The van der Waals surface area contributed by atoms with Gasteiger partial charge in [-0.1, -0.05) is 222 Å². The highest BCUT2D eigenvalue weighted by Gasteiger charge is 2.17. The molecule has 346 valence electrons. The molecule has 5 heteroatoms. The molecule has 60 heavy (non-hydrogen) atoms. The highest BCUT2D eigenvalue weighted by atomic mass is 16.6. The van der Waals surface area contributed by atoms with Crippen molar-refractivity contribution in [3.05, 3.63) is 72.9 Å². The molecule has 0 fully saturated rings. The lowest BCUT2D eigenvalue weighted by atomic mass is 10.0. The zero-order valence-corrected chi connectivity index (χ0v) is 39.7. The standard InChI is InChI=1S/C55H96O5/c1-4-7-10-13-16-19-22-25-27-28-29-31-33-36-39-42-45-48-54(56)59-52-53(51-58-50-47-44-41-38-35-32-26-23-20-17-14-11-8-5-2)60-55(57)49-46-43-40-37-34-30-24-21-18-15-12-9-6-3/h8,11-12,15,17,20-21,24,26,32,38,41,53H,4-7,9-10,13-14,16,18-19,22-23,25,27-31,33-37,39-40,42-52H2,1-3H3/b11-8-,15-12-,20-17-,24-21-,32-26-,41-38-. The van der Waals surface area contributed by atoms with Crippen molar-refractivity contribution in [3.63, 3.8) is 0 Å². The SMILES string of the molecule is CC/C=C\C/C=C\C/C=C\C/C=C\CCCOCC(COC(=O)CCCCCCCCCCCCCCCCCCC)OC(=O)CCCCCCC/C=C\C/C=C\CCC. The van der Waals surface area contributed by atoms with Crippen molar-refractivity contribution in [2.45, 2.75) is 245 Å². The van der Waals surface area contributed by atoms with Gasteiger partial charge in [-0.3, -0.25) is 9.59 Å². The Bertz CT molecular complexity index is 1080. The Morgan fingerprint density at radius 3 is 1.27 bits per heavy atom. The van der Waals surface area contributed by atoms with E-state index in [1.807, 2.05) is 0 Å². The molecule has 0 aromatic carbocycles. The van der Waals surface area contributed by atoms with Crippen LogP contribution in [0.3, 0.4) is 0 Å². The lowest BCUT2D eigenvalue weighted by Crippen LogP contribution is -2.30. The Hall–Kier alpha value is -2.66. The zero-order chi connectivity index (χ0) is 43.5. The number of unbranched alkanes of at least 4 members (excludes halogenated alkanes) is 23. The number of rotatable bonds is 46. The summed E-state index contributed by atoms with van der Waals surface area (Å²) < 4.78 is 17.3. The number of carbonyl (C=O) groups excluding carboxylic acids is 2. The minimum atomic E-state index is -0.571. The summed E-state index contributed by atoms with van der Waals surface area (Å²) in [7, 11) is 0. The van der Waals surface area contributed by atoms with Gasteiger partial charge in [0.15, 0.2) is 6.10 Å². The Morgan fingerprint density at radius 1 is 0.383 bits per heavy atom. The molecular formula is C55H96O5. The Labute approximate surface area is 372 Å². The summed E-state index contributed by atoms with van der Waals surface area (Å²) in [6.45, 7) is 7.52. The molecule has 0 aliphatic rings. The minimum Gasteiger partial charge on any atom is -0.462 e. The molecule has 0 spiro atoms. The highest BCUT2D eigenvalue weighted by Crippen LogP contribution is 2.15. The largest absolute Gasteiger partial charge is 0.462 e. The third-order valence-corrected chi connectivity index (χ3v) is 10.7. The minimum absolute atomic E-state index is 0.0578. The summed E-state index contributed by atoms with van der Waals surface area (Å²) in [6.07, 6.45) is 64.9. The lowest BCUT2D eigenvalue weighted by molar-refractivity contribution is -0.163. The van der Waals surface area contributed by atoms with Crippen LogP contribution in [0.5, 0.6) is 0 Å². The zero-order valence-electron chi connectivity index (χ0n) is 39.7. The van der Waals surface area contributed by atoms with Crippen molar-refractivity contribution in [2.75, 3.05) is 19.8 Å². The van der Waals surface area contributed by atoms with Gasteiger partial charge in [0, 0.05) is 19.4 Å². The van der Waals surface area contributed by atoms with Crippen LogP contribution in [0, 0.1) is 0 Å². The average molecular weight is 837 g/mol. The number of hydrogen-bond donors (Lipinski definition) is 0. The first-order valence-corrected chi connectivity index (χ1v) is 25.5. The molecule has 0 aromatic rings. The van der Waals surface area contributed by atoms with Gasteiger partial charge in [-0.15, -0.1) is 0 Å². The fourth-order valence-electron chi connectivity index (χ4n) is 6.96. The number of esters is 2. The molecule has 0 amide bonds. The van der Waals surface area contributed by atoms with E-state index in [9.17, 15) is 9.59 Å². The van der Waals surface area contributed by atoms with Crippen molar-refractivity contribution in [1.82, 2.24) is 0 Å². The summed E-state index contributed by atoms with van der Waals surface area (Å²) >= 11 is 0. The predicted octanol–water partition coefficient (Wildman–Crippen LogP) is 17.1. The van der Waals surface area contributed by atoms with Gasteiger partial charge in [0.25, 0.3) is 0 Å². The van der Waals surface area contributed by atoms with Gasteiger partial charge >= 0.3 is 11.9 Å². The van der Waals surface area contributed by atoms with E-state index < -0.39 is 6.10 Å². The van der Waals surface area contributed by atoms with E-state index in [2.05, 4.69) is 93.7 Å². The van der Waals surface area contributed by atoms with Gasteiger partial charge in [0.1, 0.15) is 6.61 Å². The van der Waals surface area contributed by atoms with E-state index in [0.29, 0.717) is 19.4 Å². The molecule has 0 aliphatic carbocycles. The molecule has 1 atom stereocenters. The fourth-order valence-corrected chi connectivity index (χ4v) is 6.96. The molecule has 0 saturated heterocycles. The van der Waals surface area contributed by atoms with Gasteiger partial charge in [0.05, 0.1) is 6.61 Å². The molecule has 0 aromatic heterocycles. The summed E-state index contributed by atoms with van der Waals surface area (Å²) in [5.74, 6) is -0.439. The van der Waals surface area contributed by atoms with E-state index >= 15 is 0 Å². The molecule has 0 saturated carbocycles. The van der Waals surface area contributed by atoms with E-state index in [4.69, 9.17) is 14.2 Å². The molecule has 0 rings (SSSR count). The third kappa shape index (κ3) is 48.0. The molecule has 0 heterocycles. The summed E-state index contributed by atoms with van der Waals surface area (Å²) in [6, 6.07) is 0. The molecule has 0 bridgehead atoms. The van der Waals surface area contributed by atoms with Gasteiger partial charge in [-0.05, 0) is 77.0 Å². The smallest absolute Gasteiger partial charge is 0.306 e.